The molecule has 0 spiro atoms. The molecule has 0 aliphatic rings. The maximum atomic E-state index is 13.9. The summed E-state index contributed by atoms with van der Waals surface area (Å²) >= 11 is 0. The van der Waals surface area contributed by atoms with Crippen LogP contribution < -0.4 is 28.4 Å². The van der Waals surface area contributed by atoms with Crippen LogP contribution in [0.15, 0.2) is 175 Å². The zero-order valence-corrected chi connectivity index (χ0v) is 44.1. The van der Waals surface area contributed by atoms with Crippen LogP contribution >= 0.6 is 0 Å². The van der Waals surface area contributed by atoms with E-state index in [1.54, 1.807) is 0 Å². The number of hydrogen-bond acceptors (Lipinski definition) is 20. The van der Waals surface area contributed by atoms with Gasteiger partial charge in [-0.2, -0.15) is 0 Å². The summed E-state index contributed by atoms with van der Waals surface area (Å²) < 4.78 is 116. The highest BCUT2D eigenvalue weighted by Gasteiger charge is 2.22. The van der Waals surface area contributed by atoms with E-state index in [0.717, 1.165) is 51.4 Å². The van der Waals surface area contributed by atoms with Gasteiger partial charge in [-0.15, -0.1) is 29.9 Å². The topological polar surface area (TPSA) is 276 Å². The standard InChI is InChI=1S/C54H52N6O14S3/c1-3-5-7-9-35-69-49-55-51(71-39-15-27-45(28-16-39)75(63,64)43-23-11-37(61)12-24-43)59-53(57-49)73-41-19-31-47(32-20-41)77(67,68)48-33-21-42(22-34-48)74-54-58-50(70-36-10-8-6-4-2)56-52(60-54)72-40-17-29-46(30-18-40)76(65,66)44-25-13-38(62)14-26-44/h11-34,61-62H,3-10,35-36H2,1-2H3. The van der Waals surface area contributed by atoms with Crippen LogP contribution in [-0.2, 0) is 29.5 Å². The van der Waals surface area contributed by atoms with Crippen molar-refractivity contribution in [2.45, 2.75) is 94.6 Å². The summed E-state index contributed by atoms with van der Waals surface area (Å²) in [7, 11) is -11.9. The Hall–Kier alpha value is -8.41. The predicted octanol–water partition coefficient (Wildman–Crippen LogP) is 11.1. The monoisotopic (exact) mass is 1100 g/mol. The molecule has 0 saturated heterocycles. The molecule has 2 aromatic heterocycles. The number of benzene rings is 6. The SMILES string of the molecule is CCCCCCOc1nc(Oc2ccc(S(=O)(=O)c3ccc(O)cc3)cc2)nc(Oc2ccc(S(=O)(=O)c3ccc(Oc4nc(OCCCCCC)nc(Oc5ccc(S(=O)(=O)c6ccc(O)cc6)cc5)n4)cc3)cc2)n1. The Labute approximate surface area is 445 Å². The quantitative estimate of drug-likeness (QED) is 0.0477. The fourth-order valence-corrected chi connectivity index (χ4v) is 10.9. The van der Waals surface area contributed by atoms with Gasteiger partial charge in [-0.3, -0.25) is 0 Å². The third kappa shape index (κ3) is 14.5. The third-order valence-corrected chi connectivity index (χ3v) is 16.6. The Kier molecular flexibility index (Phi) is 17.8. The molecule has 23 heteroatoms. The average Bonchev–Trinajstić information content (AvgIpc) is 3.41. The van der Waals surface area contributed by atoms with Gasteiger partial charge in [0.15, 0.2) is 0 Å². The van der Waals surface area contributed by atoms with E-state index >= 15 is 0 Å². The van der Waals surface area contributed by atoms with Crippen LogP contribution in [0.25, 0.3) is 0 Å². The van der Waals surface area contributed by atoms with Crippen molar-refractivity contribution in [3.8, 4) is 70.6 Å². The summed E-state index contributed by atoms with van der Waals surface area (Å²) in [5, 5.41) is 19.2. The summed E-state index contributed by atoms with van der Waals surface area (Å²) in [5.41, 5.74) is 0. The van der Waals surface area contributed by atoms with Gasteiger partial charge in [0.1, 0.15) is 34.5 Å². The van der Waals surface area contributed by atoms with E-state index in [-0.39, 0.29) is 99.9 Å². The van der Waals surface area contributed by atoms with Crippen molar-refractivity contribution in [3.05, 3.63) is 146 Å². The van der Waals surface area contributed by atoms with Crippen molar-refractivity contribution in [1.29, 1.82) is 0 Å². The van der Waals surface area contributed by atoms with Gasteiger partial charge in [-0.25, -0.2) is 25.3 Å². The molecule has 77 heavy (non-hydrogen) atoms. The van der Waals surface area contributed by atoms with Gasteiger partial charge in [0, 0.05) is 0 Å². The Morgan fingerprint density at radius 1 is 0.312 bits per heavy atom. The van der Waals surface area contributed by atoms with Crippen molar-refractivity contribution in [2.75, 3.05) is 13.2 Å². The molecule has 2 heterocycles. The van der Waals surface area contributed by atoms with E-state index < -0.39 is 29.5 Å². The van der Waals surface area contributed by atoms with Crippen LogP contribution in [-0.4, -0.2) is 78.6 Å². The first-order valence-corrected chi connectivity index (χ1v) is 28.8. The molecule has 400 valence electrons. The summed E-state index contributed by atoms with van der Waals surface area (Å²) in [6, 6.07) is 31.5. The molecule has 0 amide bonds. The molecule has 0 radical (unpaired) electrons. The molecular formula is C54H52N6O14S3. The summed E-state index contributed by atoms with van der Waals surface area (Å²) in [4.78, 5) is 25.5. The van der Waals surface area contributed by atoms with Crippen LogP contribution in [0.4, 0.5) is 0 Å². The average molecular weight is 1110 g/mol. The molecule has 0 aliphatic carbocycles. The molecule has 8 rings (SSSR count). The molecule has 8 aromatic rings. The number of sulfone groups is 3. The van der Waals surface area contributed by atoms with Crippen LogP contribution in [0, 0.1) is 0 Å². The van der Waals surface area contributed by atoms with Crippen LogP contribution in [0.1, 0.15) is 65.2 Å². The first kappa shape index (κ1) is 54.8. The number of phenols is 2. The zero-order chi connectivity index (χ0) is 54.4. The van der Waals surface area contributed by atoms with E-state index in [1.807, 2.05) is 0 Å². The fraction of sp³-hybridized carbons (Fsp3) is 0.222. The van der Waals surface area contributed by atoms with Gasteiger partial charge in [0.2, 0.25) is 29.5 Å². The molecule has 0 fully saturated rings. The van der Waals surface area contributed by atoms with E-state index in [4.69, 9.17) is 28.4 Å². The minimum atomic E-state index is -4.08. The molecular weight excluding hydrogens is 1050 g/mol. The van der Waals surface area contributed by atoms with Gasteiger partial charge in [0.05, 0.1) is 42.6 Å². The number of rotatable bonds is 26. The lowest BCUT2D eigenvalue weighted by Gasteiger charge is -2.11. The van der Waals surface area contributed by atoms with Gasteiger partial charge in [-0.1, -0.05) is 52.4 Å². The lowest BCUT2D eigenvalue weighted by atomic mass is 10.2. The van der Waals surface area contributed by atoms with Crippen molar-refractivity contribution in [2.24, 2.45) is 0 Å². The first-order chi connectivity index (χ1) is 37.1. The number of hydrogen-bond donors (Lipinski definition) is 2. The molecule has 0 bridgehead atoms. The summed E-state index contributed by atoms with van der Waals surface area (Å²) in [6.45, 7) is 4.78. The largest absolute Gasteiger partial charge is 0.508 e. The Bertz CT molecular complexity index is 3360. The third-order valence-electron chi connectivity index (χ3n) is 11.3. The van der Waals surface area contributed by atoms with Crippen molar-refractivity contribution in [3.63, 3.8) is 0 Å². The van der Waals surface area contributed by atoms with E-state index in [0.29, 0.717) is 13.2 Å². The summed E-state index contributed by atoms with van der Waals surface area (Å²) in [5.74, 6) is 0.590. The Morgan fingerprint density at radius 3 is 0.766 bits per heavy atom. The second kappa shape index (κ2) is 25.0. The normalized spacial score (nSPS) is 11.7. The van der Waals surface area contributed by atoms with Gasteiger partial charge >= 0.3 is 36.1 Å². The fourth-order valence-electron chi connectivity index (χ4n) is 7.16. The van der Waals surface area contributed by atoms with Crippen molar-refractivity contribution < 1.29 is 63.9 Å². The highest BCUT2D eigenvalue weighted by atomic mass is 32.2. The molecule has 20 nitrogen and oxygen atoms in total. The second-order valence-corrected chi connectivity index (χ2v) is 22.8. The smallest absolute Gasteiger partial charge is 0.331 e. The molecule has 0 aliphatic heterocycles. The van der Waals surface area contributed by atoms with Gasteiger partial charge in [-0.05, 0) is 158 Å². The van der Waals surface area contributed by atoms with Gasteiger partial charge < -0.3 is 38.6 Å². The van der Waals surface area contributed by atoms with Crippen molar-refractivity contribution in [1.82, 2.24) is 29.9 Å². The van der Waals surface area contributed by atoms with E-state index in [2.05, 4.69) is 43.8 Å². The molecule has 0 unspecified atom stereocenters. The highest BCUT2D eigenvalue weighted by molar-refractivity contribution is 7.92. The van der Waals surface area contributed by atoms with E-state index in [1.165, 1.54) is 146 Å². The summed E-state index contributed by atoms with van der Waals surface area (Å²) in [6.07, 6.45) is 7.43. The predicted molar refractivity (Wildman–Crippen MR) is 278 cm³/mol. The maximum Gasteiger partial charge on any atom is 0.331 e. The number of nitrogens with zero attached hydrogens (tertiary/aromatic N) is 6. The maximum absolute atomic E-state index is 13.9. The number of ether oxygens (including phenoxy) is 6. The second-order valence-electron chi connectivity index (χ2n) is 17.0. The van der Waals surface area contributed by atoms with Crippen LogP contribution in [0.5, 0.6) is 70.6 Å². The van der Waals surface area contributed by atoms with Gasteiger partial charge in [0.25, 0.3) is 0 Å². The number of aromatic hydroxyl groups is 2. The minimum Gasteiger partial charge on any atom is -0.508 e. The molecule has 0 saturated carbocycles. The number of aromatic nitrogens is 6. The van der Waals surface area contributed by atoms with Crippen molar-refractivity contribution >= 4 is 29.5 Å². The molecule has 2 N–H and O–H groups in total. The lowest BCUT2D eigenvalue weighted by molar-refractivity contribution is 0.267. The first-order valence-electron chi connectivity index (χ1n) is 24.3. The minimum absolute atomic E-state index is 0.000388. The Balaban J connectivity index is 0.946. The number of unbranched alkanes of at least 4 members (excludes halogenated alkanes) is 6. The zero-order valence-electron chi connectivity index (χ0n) is 41.6. The molecule has 0 atom stereocenters. The number of phenolic OH excluding ortho intramolecular Hbond substituents is 2. The Morgan fingerprint density at radius 2 is 0.532 bits per heavy atom. The van der Waals surface area contributed by atoms with E-state index in [9.17, 15) is 35.5 Å². The molecule has 6 aromatic carbocycles. The lowest BCUT2D eigenvalue weighted by Crippen LogP contribution is -2.06. The highest BCUT2D eigenvalue weighted by Crippen LogP contribution is 2.32. The van der Waals surface area contributed by atoms with Crippen LogP contribution in [0.3, 0.4) is 0 Å². The van der Waals surface area contributed by atoms with Crippen LogP contribution in [0.2, 0.25) is 0 Å².